The predicted molar refractivity (Wildman–Crippen MR) is 60.6 cm³/mol. The van der Waals surface area contributed by atoms with E-state index in [2.05, 4.69) is 10.3 Å². The van der Waals surface area contributed by atoms with Crippen LogP contribution in [0, 0.1) is 20.8 Å². The quantitative estimate of drug-likeness (QED) is 0.883. The summed E-state index contributed by atoms with van der Waals surface area (Å²) in [7, 11) is 0. The second-order valence-electron chi connectivity index (χ2n) is 3.84. The molecule has 2 heterocycles. The molecule has 1 N–H and O–H groups in total. The summed E-state index contributed by atoms with van der Waals surface area (Å²) < 4.78 is 10.5. The van der Waals surface area contributed by atoms with Gasteiger partial charge in [0, 0.05) is 0 Å². The van der Waals surface area contributed by atoms with Crippen molar-refractivity contribution in [3.05, 3.63) is 41.0 Å². The van der Waals surface area contributed by atoms with Gasteiger partial charge in [-0.3, -0.25) is 4.79 Å². The highest BCUT2D eigenvalue weighted by Crippen LogP contribution is 2.09. The normalized spacial score (nSPS) is 10.5. The molecule has 5 heteroatoms. The molecule has 0 aliphatic rings. The van der Waals surface area contributed by atoms with Crippen LogP contribution in [0.15, 0.2) is 21.0 Å². The zero-order chi connectivity index (χ0) is 12.4. The van der Waals surface area contributed by atoms with Gasteiger partial charge in [0.1, 0.15) is 11.5 Å². The van der Waals surface area contributed by atoms with E-state index >= 15 is 0 Å². The van der Waals surface area contributed by atoms with Crippen LogP contribution in [0.1, 0.15) is 33.7 Å². The largest absolute Gasteiger partial charge is 0.456 e. The van der Waals surface area contributed by atoms with Crippen LogP contribution in [0.25, 0.3) is 0 Å². The Labute approximate surface area is 98.8 Å². The first-order valence-electron chi connectivity index (χ1n) is 5.34. The van der Waals surface area contributed by atoms with E-state index in [1.807, 2.05) is 13.8 Å². The molecule has 2 rings (SSSR count). The molecule has 1 amide bonds. The molecule has 0 aliphatic carbocycles. The number of carbonyl (C=O) groups excluding carboxylic acids is 1. The molecule has 0 atom stereocenters. The third-order valence-electron chi connectivity index (χ3n) is 2.44. The minimum absolute atomic E-state index is 0.257. The maximum Gasteiger partial charge on any atom is 0.287 e. The van der Waals surface area contributed by atoms with Crippen LogP contribution in [-0.2, 0) is 6.54 Å². The molecule has 5 nitrogen and oxygen atoms in total. The Balaban J connectivity index is 1.96. The molecule has 0 saturated carbocycles. The van der Waals surface area contributed by atoms with E-state index < -0.39 is 0 Å². The number of amides is 1. The van der Waals surface area contributed by atoms with Crippen LogP contribution < -0.4 is 5.32 Å². The van der Waals surface area contributed by atoms with Gasteiger partial charge in [-0.2, -0.15) is 0 Å². The van der Waals surface area contributed by atoms with Gasteiger partial charge >= 0.3 is 0 Å². The lowest BCUT2D eigenvalue weighted by Gasteiger charge is -1.98. The van der Waals surface area contributed by atoms with Gasteiger partial charge in [-0.1, -0.05) is 0 Å². The fourth-order valence-corrected chi connectivity index (χ4v) is 1.41. The predicted octanol–water partition coefficient (Wildman–Crippen LogP) is 2.12. The topological polar surface area (TPSA) is 68.3 Å². The number of furan rings is 1. The Morgan fingerprint density at radius 1 is 1.29 bits per heavy atom. The Kier molecular flexibility index (Phi) is 2.99. The van der Waals surface area contributed by atoms with Gasteiger partial charge in [0.25, 0.3) is 5.91 Å². The van der Waals surface area contributed by atoms with E-state index in [0.29, 0.717) is 17.4 Å². The van der Waals surface area contributed by atoms with Crippen molar-refractivity contribution in [2.75, 3.05) is 0 Å². The van der Waals surface area contributed by atoms with E-state index in [-0.39, 0.29) is 12.5 Å². The van der Waals surface area contributed by atoms with Gasteiger partial charge in [0.15, 0.2) is 5.76 Å². The summed E-state index contributed by atoms with van der Waals surface area (Å²) in [5.41, 5.74) is 0.836. The summed E-state index contributed by atoms with van der Waals surface area (Å²) in [6.45, 7) is 5.74. The molecule has 2 aromatic heterocycles. The highest BCUT2D eigenvalue weighted by Gasteiger charge is 2.11. The lowest BCUT2D eigenvalue weighted by atomic mass is 10.4. The number of rotatable bonds is 3. The van der Waals surface area contributed by atoms with E-state index in [9.17, 15) is 4.79 Å². The Morgan fingerprint density at radius 3 is 2.59 bits per heavy atom. The van der Waals surface area contributed by atoms with Crippen molar-refractivity contribution in [1.29, 1.82) is 0 Å². The summed E-state index contributed by atoms with van der Waals surface area (Å²) in [4.78, 5) is 15.8. The second-order valence-corrected chi connectivity index (χ2v) is 3.84. The van der Waals surface area contributed by atoms with Crippen molar-refractivity contribution in [3.63, 3.8) is 0 Å². The molecule has 0 spiro atoms. The van der Waals surface area contributed by atoms with Crippen LogP contribution in [0.4, 0.5) is 0 Å². The van der Waals surface area contributed by atoms with E-state index in [1.54, 1.807) is 19.1 Å². The van der Waals surface area contributed by atoms with Gasteiger partial charge in [-0.25, -0.2) is 4.98 Å². The molecule has 0 fully saturated rings. The summed E-state index contributed by atoms with van der Waals surface area (Å²) in [5, 5.41) is 2.68. The van der Waals surface area contributed by atoms with Crippen molar-refractivity contribution >= 4 is 5.91 Å². The highest BCUT2D eigenvalue weighted by molar-refractivity contribution is 5.91. The van der Waals surface area contributed by atoms with Crippen LogP contribution in [0.2, 0.25) is 0 Å². The molecule has 0 saturated heterocycles. The minimum Gasteiger partial charge on any atom is -0.456 e. The maximum absolute atomic E-state index is 11.6. The smallest absolute Gasteiger partial charge is 0.287 e. The molecule has 2 aromatic rings. The molecule has 0 aliphatic heterocycles. The third kappa shape index (κ3) is 2.55. The number of oxazole rings is 1. The van der Waals surface area contributed by atoms with Gasteiger partial charge in [0.05, 0.1) is 12.2 Å². The van der Waals surface area contributed by atoms with E-state index in [1.165, 1.54) is 0 Å². The maximum atomic E-state index is 11.6. The number of nitrogens with zero attached hydrogens (tertiary/aromatic N) is 1. The summed E-state index contributed by atoms with van der Waals surface area (Å²) in [5.74, 6) is 1.99. The molecule has 90 valence electrons. The van der Waals surface area contributed by atoms with Gasteiger partial charge in [0.2, 0.25) is 5.89 Å². The first-order valence-corrected chi connectivity index (χ1v) is 5.34. The monoisotopic (exact) mass is 234 g/mol. The van der Waals surface area contributed by atoms with Crippen LogP contribution in [0.3, 0.4) is 0 Å². The zero-order valence-corrected chi connectivity index (χ0v) is 10.0. The number of aryl methyl sites for hydroxylation is 3. The first-order chi connectivity index (χ1) is 8.06. The fraction of sp³-hybridized carbons (Fsp3) is 0.333. The second kappa shape index (κ2) is 4.45. The van der Waals surface area contributed by atoms with Crippen molar-refractivity contribution in [2.45, 2.75) is 27.3 Å². The SMILES string of the molecule is Cc1ccc(C(=O)NCc2nc(C)c(C)o2)o1. The van der Waals surface area contributed by atoms with Crippen LogP contribution in [-0.4, -0.2) is 10.9 Å². The Bertz CT molecular complexity index is 520. The Morgan fingerprint density at radius 2 is 2.06 bits per heavy atom. The molecule has 0 bridgehead atoms. The number of hydrogen-bond acceptors (Lipinski definition) is 4. The third-order valence-corrected chi connectivity index (χ3v) is 2.44. The molecular formula is C12H14N2O3. The number of hydrogen-bond donors (Lipinski definition) is 1. The number of nitrogens with one attached hydrogen (secondary N) is 1. The zero-order valence-electron chi connectivity index (χ0n) is 10.0. The lowest BCUT2D eigenvalue weighted by molar-refractivity contribution is 0.0918. The number of carbonyl (C=O) groups is 1. The molecule has 0 radical (unpaired) electrons. The number of aromatic nitrogens is 1. The highest BCUT2D eigenvalue weighted by atomic mass is 16.4. The summed E-state index contributed by atoms with van der Waals surface area (Å²) in [6, 6.07) is 3.38. The van der Waals surface area contributed by atoms with Crippen LogP contribution in [0.5, 0.6) is 0 Å². The molecular weight excluding hydrogens is 220 g/mol. The first kappa shape index (κ1) is 11.4. The molecule has 0 aromatic carbocycles. The van der Waals surface area contributed by atoms with Crippen LogP contribution >= 0.6 is 0 Å². The molecule has 0 unspecified atom stereocenters. The van der Waals surface area contributed by atoms with E-state index in [4.69, 9.17) is 8.83 Å². The average Bonchev–Trinajstić information content (AvgIpc) is 2.83. The van der Waals surface area contributed by atoms with Gasteiger partial charge in [-0.15, -0.1) is 0 Å². The average molecular weight is 234 g/mol. The van der Waals surface area contributed by atoms with Crippen molar-refractivity contribution in [2.24, 2.45) is 0 Å². The summed E-state index contributed by atoms with van der Waals surface area (Å²) in [6.07, 6.45) is 0. The fourth-order valence-electron chi connectivity index (χ4n) is 1.41. The Hall–Kier alpha value is -2.04. The minimum atomic E-state index is -0.272. The van der Waals surface area contributed by atoms with Gasteiger partial charge < -0.3 is 14.2 Å². The van der Waals surface area contributed by atoms with Gasteiger partial charge in [-0.05, 0) is 32.9 Å². The lowest BCUT2D eigenvalue weighted by Crippen LogP contribution is -2.22. The van der Waals surface area contributed by atoms with E-state index in [0.717, 1.165) is 11.5 Å². The summed E-state index contributed by atoms with van der Waals surface area (Å²) >= 11 is 0. The van der Waals surface area contributed by atoms with Crippen molar-refractivity contribution in [1.82, 2.24) is 10.3 Å². The standard InChI is InChI=1S/C12H14N2O3/c1-7-4-5-10(16-7)12(15)13-6-11-14-8(2)9(3)17-11/h4-5H,6H2,1-3H3,(H,13,15). The molecule has 17 heavy (non-hydrogen) atoms. The van der Waals surface area contributed by atoms with Crippen molar-refractivity contribution in [3.8, 4) is 0 Å². The van der Waals surface area contributed by atoms with Crippen molar-refractivity contribution < 1.29 is 13.6 Å².